The fraction of sp³-hybridized carbons (Fsp3) is 0.692. The summed E-state index contributed by atoms with van der Waals surface area (Å²) in [7, 11) is 1.69. The van der Waals surface area contributed by atoms with Gasteiger partial charge in [0.1, 0.15) is 0 Å². The lowest BCUT2D eigenvalue weighted by Gasteiger charge is -2.15. The minimum absolute atomic E-state index is 0.163. The zero-order valence-corrected chi connectivity index (χ0v) is 12.4. The van der Waals surface area contributed by atoms with Crippen molar-refractivity contribution in [2.45, 2.75) is 39.0 Å². The van der Waals surface area contributed by atoms with Crippen molar-refractivity contribution in [2.24, 2.45) is 13.0 Å². The fourth-order valence-corrected chi connectivity index (χ4v) is 2.32. The van der Waals surface area contributed by atoms with Crippen molar-refractivity contribution in [3.8, 4) is 0 Å². The van der Waals surface area contributed by atoms with E-state index in [1.807, 2.05) is 0 Å². The van der Waals surface area contributed by atoms with Gasteiger partial charge in [-0.3, -0.25) is 9.36 Å². The van der Waals surface area contributed by atoms with E-state index in [0.717, 1.165) is 19.3 Å². The number of hydrogen-bond acceptors (Lipinski definition) is 5. The fourth-order valence-electron chi connectivity index (χ4n) is 2.32. The first-order valence-electron chi connectivity index (χ1n) is 7.07. The third kappa shape index (κ3) is 5.41. The van der Waals surface area contributed by atoms with Gasteiger partial charge in [0.2, 0.25) is 12.1 Å². The second-order valence-electron chi connectivity index (χ2n) is 5.09. The number of nitro groups is 1. The largest absolute Gasteiger partial charge is 0.481 e. The van der Waals surface area contributed by atoms with Crippen LogP contribution in [0.15, 0.2) is 6.33 Å². The molecule has 0 bridgehead atoms. The number of aryl methyl sites for hydroxylation is 1. The molecule has 0 aliphatic rings. The molecule has 0 amide bonds. The first-order valence-corrected chi connectivity index (χ1v) is 7.07. The number of nitrogens with one attached hydrogen (secondary N) is 1. The topological polar surface area (TPSA) is 110 Å². The van der Waals surface area contributed by atoms with Crippen LogP contribution in [-0.4, -0.2) is 32.1 Å². The Morgan fingerprint density at radius 1 is 1.52 bits per heavy atom. The minimum atomic E-state index is -0.786. The molecule has 0 aliphatic heterocycles. The molecular formula is C13H22N4O4. The lowest BCUT2D eigenvalue weighted by Crippen LogP contribution is -2.13. The van der Waals surface area contributed by atoms with Gasteiger partial charge in [0.05, 0.1) is 0 Å². The van der Waals surface area contributed by atoms with E-state index in [4.69, 9.17) is 5.11 Å². The van der Waals surface area contributed by atoms with Crippen LogP contribution in [0.1, 0.15) is 39.0 Å². The molecule has 118 valence electrons. The average Bonchev–Trinajstić information content (AvgIpc) is 2.77. The van der Waals surface area contributed by atoms with Gasteiger partial charge in [-0.25, -0.2) is 0 Å². The van der Waals surface area contributed by atoms with Crippen LogP contribution in [0.25, 0.3) is 0 Å². The highest BCUT2D eigenvalue weighted by atomic mass is 16.6. The molecule has 0 aromatic carbocycles. The smallest absolute Gasteiger partial charge is 0.406 e. The van der Waals surface area contributed by atoms with Crippen molar-refractivity contribution in [1.82, 2.24) is 9.55 Å². The number of nitrogens with zero attached hydrogens (tertiary/aromatic N) is 3. The SMILES string of the molecule is CCCC(CCNc1c([N+](=O)[O-])ncn1C)CCC(=O)O. The Kier molecular flexibility index (Phi) is 6.64. The van der Waals surface area contributed by atoms with Crippen LogP contribution >= 0.6 is 0 Å². The summed E-state index contributed by atoms with van der Waals surface area (Å²) < 4.78 is 1.57. The second-order valence-corrected chi connectivity index (χ2v) is 5.09. The monoisotopic (exact) mass is 298 g/mol. The molecule has 8 heteroatoms. The van der Waals surface area contributed by atoms with Crippen LogP contribution in [0.3, 0.4) is 0 Å². The molecule has 21 heavy (non-hydrogen) atoms. The highest BCUT2D eigenvalue weighted by molar-refractivity contribution is 5.66. The summed E-state index contributed by atoms with van der Waals surface area (Å²) in [5, 5.41) is 22.6. The average molecular weight is 298 g/mol. The Hall–Kier alpha value is -2.12. The third-order valence-electron chi connectivity index (χ3n) is 3.40. The predicted octanol–water partition coefficient (Wildman–Crippen LogP) is 2.41. The summed E-state index contributed by atoms with van der Waals surface area (Å²) in [6.07, 6.45) is 4.94. The van der Waals surface area contributed by atoms with Crippen LogP contribution < -0.4 is 5.32 Å². The van der Waals surface area contributed by atoms with Crippen LogP contribution in [0.4, 0.5) is 11.6 Å². The molecule has 1 rings (SSSR count). The number of carboxylic acid groups (broad SMARTS) is 1. The maximum Gasteiger partial charge on any atom is 0.406 e. The summed E-state index contributed by atoms with van der Waals surface area (Å²) in [5.74, 6) is -0.277. The van der Waals surface area contributed by atoms with E-state index in [1.165, 1.54) is 6.33 Å². The minimum Gasteiger partial charge on any atom is -0.481 e. The number of aromatic nitrogens is 2. The highest BCUT2D eigenvalue weighted by Crippen LogP contribution is 2.22. The highest BCUT2D eigenvalue weighted by Gasteiger charge is 2.20. The summed E-state index contributed by atoms with van der Waals surface area (Å²) in [6.45, 7) is 2.62. The van der Waals surface area contributed by atoms with Gasteiger partial charge in [0.25, 0.3) is 0 Å². The van der Waals surface area contributed by atoms with Crippen molar-refractivity contribution in [1.29, 1.82) is 0 Å². The van der Waals surface area contributed by atoms with E-state index in [-0.39, 0.29) is 12.2 Å². The molecule has 1 unspecified atom stereocenters. The number of imidazole rings is 1. The summed E-state index contributed by atoms with van der Waals surface area (Å²) in [4.78, 5) is 24.7. The lowest BCUT2D eigenvalue weighted by molar-refractivity contribution is -0.388. The molecule has 0 saturated carbocycles. The standard InChI is InChI=1S/C13H22N4O4/c1-3-4-10(5-6-11(18)19)7-8-14-12-13(17(20)21)15-9-16(12)2/h9-10,14H,3-8H2,1-2H3,(H,18,19). The van der Waals surface area contributed by atoms with Crippen LogP contribution in [0.5, 0.6) is 0 Å². The molecule has 0 fully saturated rings. The summed E-state index contributed by atoms with van der Waals surface area (Å²) in [6, 6.07) is 0. The van der Waals surface area contributed by atoms with E-state index in [9.17, 15) is 14.9 Å². The van der Waals surface area contributed by atoms with Crippen LogP contribution in [-0.2, 0) is 11.8 Å². The number of carbonyl (C=O) groups is 1. The van der Waals surface area contributed by atoms with Crippen molar-refractivity contribution in [3.05, 3.63) is 16.4 Å². The maximum absolute atomic E-state index is 10.8. The molecule has 0 spiro atoms. The number of carboxylic acids is 1. The Labute approximate surface area is 123 Å². The van der Waals surface area contributed by atoms with Gasteiger partial charge in [-0.1, -0.05) is 19.8 Å². The number of hydrogen-bond donors (Lipinski definition) is 2. The normalized spacial score (nSPS) is 12.1. The first-order chi connectivity index (χ1) is 9.95. The van der Waals surface area contributed by atoms with Crippen molar-refractivity contribution >= 4 is 17.6 Å². The van der Waals surface area contributed by atoms with E-state index < -0.39 is 10.9 Å². The maximum atomic E-state index is 10.8. The van der Waals surface area contributed by atoms with Gasteiger partial charge in [-0.15, -0.1) is 0 Å². The Bertz CT molecular complexity index is 487. The molecule has 0 aliphatic carbocycles. The van der Waals surface area contributed by atoms with Crippen molar-refractivity contribution < 1.29 is 14.8 Å². The van der Waals surface area contributed by atoms with E-state index in [2.05, 4.69) is 17.2 Å². The van der Waals surface area contributed by atoms with E-state index in [0.29, 0.717) is 24.7 Å². The number of anilines is 1. The first kappa shape index (κ1) is 16.9. The van der Waals surface area contributed by atoms with Crippen LogP contribution in [0, 0.1) is 16.0 Å². The quantitative estimate of drug-likeness (QED) is 0.507. The van der Waals surface area contributed by atoms with Gasteiger partial charge in [-0.2, -0.15) is 0 Å². The van der Waals surface area contributed by atoms with Crippen molar-refractivity contribution in [3.63, 3.8) is 0 Å². The van der Waals surface area contributed by atoms with E-state index in [1.54, 1.807) is 11.6 Å². The second kappa shape index (κ2) is 8.23. The molecule has 0 saturated heterocycles. The number of rotatable bonds is 10. The molecule has 1 aromatic heterocycles. The van der Waals surface area contributed by atoms with E-state index >= 15 is 0 Å². The molecule has 1 aromatic rings. The molecule has 1 heterocycles. The summed E-state index contributed by atoms with van der Waals surface area (Å²) in [5.41, 5.74) is 0. The Balaban J connectivity index is 2.51. The van der Waals surface area contributed by atoms with Gasteiger partial charge < -0.3 is 20.5 Å². The molecule has 8 nitrogen and oxygen atoms in total. The molecule has 1 atom stereocenters. The van der Waals surface area contributed by atoms with Gasteiger partial charge in [0.15, 0.2) is 0 Å². The Morgan fingerprint density at radius 3 is 2.81 bits per heavy atom. The molecular weight excluding hydrogens is 276 g/mol. The predicted molar refractivity (Wildman–Crippen MR) is 78.2 cm³/mol. The molecule has 0 radical (unpaired) electrons. The number of aliphatic carboxylic acids is 1. The van der Waals surface area contributed by atoms with Crippen molar-refractivity contribution in [2.75, 3.05) is 11.9 Å². The van der Waals surface area contributed by atoms with Crippen LogP contribution in [0.2, 0.25) is 0 Å². The zero-order valence-electron chi connectivity index (χ0n) is 12.4. The third-order valence-corrected chi connectivity index (χ3v) is 3.40. The lowest BCUT2D eigenvalue weighted by atomic mass is 9.94. The van der Waals surface area contributed by atoms with Gasteiger partial charge in [-0.05, 0) is 28.7 Å². The van der Waals surface area contributed by atoms with Gasteiger partial charge >= 0.3 is 11.8 Å². The zero-order chi connectivity index (χ0) is 15.8. The summed E-state index contributed by atoms with van der Waals surface area (Å²) >= 11 is 0. The van der Waals surface area contributed by atoms with Gasteiger partial charge in [0, 0.05) is 20.0 Å². The molecule has 2 N–H and O–H groups in total. The Morgan fingerprint density at radius 2 is 2.24 bits per heavy atom.